The van der Waals surface area contributed by atoms with Crippen LogP contribution in [0.2, 0.25) is 0 Å². The Kier molecular flexibility index (Phi) is 7.63. The molecular weight excluding hydrogens is 430 g/mol. The molecular formula is C23H31N3O5S. The minimum Gasteiger partial charge on any atom is -0.497 e. The predicted molar refractivity (Wildman–Crippen MR) is 124 cm³/mol. The van der Waals surface area contributed by atoms with Gasteiger partial charge in [-0.25, -0.2) is 8.42 Å². The van der Waals surface area contributed by atoms with Crippen LogP contribution >= 0.6 is 0 Å². The van der Waals surface area contributed by atoms with Gasteiger partial charge >= 0.3 is 0 Å². The number of nitrogens with zero attached hydrogens (tertiary/aromatic N) is 3. The zero-order valence-corrected chi connectivity index (χ0v) is 19.9. The molecule has 3 rings (SSSR count). The van der Waals surface area contributed by atoms with Gasteiger partial charge in [0.25, 0.3) is 10.0 Å². The van der Waals surface area contributed by atoms with Crippen molar-refractivity contribution in [1.82, 2.24) is 9.80 Å². The molecule has 2 aromatic carbocycles. The van der Waals surface area contributed by atoms with Crippen LogP contribution in [0.3, 0.4) is 0 Å². The number of aryl methyl sites for hydroxylation is 1. The molecule has 0 aliphatic carbocycles. The number of likely N-dealkylation sites (N-methyl/N-ethyl adjacent to an activating group) is 1. The first-order valence-electron chi connectivity index (χ1n) is 10.6. The van der Waals surface area contributed by atoms with Crippen LogP contribution in [0.4, 0.5) is 5.69 Å². The lowest BCUT2D eigenvalue weighted by Gasteiger charge is -2.35. The molecule has 0 spiro atoms. The van der Waals surface area contributed by atoms with E-state index in [2.05, 4.69) is 11.8 Å². The van der Waals surface area contributed by atoms with E-state index in [0.29, 0.717) is 24.5 Å². The maximum Gasteiger partial charge on any atom is 0.268 e. The number of methoxy groups -OCH3 is 2. The molecule has 0 saturated carbocycles. The van der Waals surface area contributed by atoms with Crippen LogP contribution in [-0.2, 0) is 14.8 Å². The maximum absolute atomic E-state index is 13.8. The van der Waals surface area contributed by atoms with Crippen LogP contribution in [0, 0.1) is 6.92 Å². The van der Waals surface area contributed by atoms with E-state index >= 15 is 0 Å². The number of carbonyl (C=O) groups is 1. The molecule has 0 N–H and O–H groups in total. The molecule has 1 amide bonds. The van der Waals surface area contributed by atoms with Crippen LogP contribution < -0.4 is 13.8 Å². The van der Waals surface area contributed by atoms with Crippen molar-refractivity contribution < 1.29 is 22.7 Å². The maximum atomic E-state index is 13.8. The summed E-state index contributed by atoms with van der Waals surface area (Å²) in [7, 11) is -1.16. The summed E-state index contributed by atoms with van der Waals surface area (Å²) >= 11 is 0. The Labute approximate surface area is 190 Å². The van der Waals surface area contributed by atoms with Crippen molar-refractivity contribution in [3.63, 3.8) is 0 Å². The van der Waals surface area contributed by atoms with Gasteiger partial charge in [-0.2, -0.15) is 0 Å². The molecule has 9 heteroatoms. The number of hydrogen-bond donors (Lipinski definition) is 0. The van der Waals surface area contributed by atoms with Crippen LogP contribution in [-0.4, -0.2) is 77.6 Å². The van der Waals surface area contributed by atoms with Gasteiger partial charge in [0.1, 0.15) is 22.9 Å². The van der Waals surface area contributed by atoms with Crippen LogP contribution in [0.15, 0.2) is 47.4 Å². The summed E-state index contributed by atoms with van der Waals surface area (Å²) in [6.45, 7) is 7.23. The summed E-state index contributed by atoms with van der Waals surface area (Å²) in [5.41, 5.74) is 1.13. The highest BCUT2D eigenvalue weighted by Crippen LogP contribution is 2.32. The highest BCUT2D eigenvalue weighted by molar-refractivity contribution is 7.93. The van der Waals surface area contributed by atoms with E-state index in [1.54, 1.807) is 47.4 Å². The van der Waals surface area contributed by atoms with Crippen molar-refractivity contribution in [1.29, 1.82) is 0 Å². The number of rotatable bonds is 8. The number of carbonyl (C=O) groups excluding carboxylic acids is 1. The minimum atomic E-state index is -4.10. The number of hydrogen-bond acceptors (Lipinski definition) is 6. The van der Waals surface area contributed by atoms with E-state index < -0.39 is 10.0 Å². The largest absolute Gasteiger partial charge is 0.497 e. The van der Waals surface area contributed by atoms with Crippen molar-refractivity contribution in [3.8, 4) is 11.5 Å². The third-order valence-electron chi connectivity index (χ3n) is 5.68. The Morgan fingerprint density at radius 2 is 1.75 bits per heavy atom. The Bertz CT molecular complexity index is 1050. The lowest BCUT2D eigenvalue weighted by molar-refractivity contribution is -0.131. The number of benzene rings is 2. The SMILES string of the molecule is CCN1CCN(C(=O)CN(c2cccc(OC)c2)S(=O)(=O)c2cc(C)ccc2OC)CC1. The van der Waals surface area contributed by atoms with Crippen molar-refractivity contribution >= 4 is 21.6 Å². The Morgan fingerprint density at radius 3 is 2.38 bits per heavy atom. The monoisotopic (exact) mass is 461 g/mol. The second kappa shape index (κ2) is 10.2. The zero-order valence-electron chi connectivity index (χ0n) is 19.1. The number of ether oxygens (including phenoxy) is 2. The second-order valence-electron chi connectivity index (χ2n) is 7.68. The quantitative estimate of drug-likeness (QED) is 0.601. The third-order valence-corrected chi connectivity index (χ3v) is 7.47. The van der Waals surface area contributed by atoms with Crippen molar-refractivity contribution in [2.24, 2.45) is 0 Å². The first-order chi connectivity index (χ1) is 15.3. The summed E-state index contributed by atoms with van der Waals surface area (Å²) in [5, 5.41) is 0. The van der Waals surface area contributed by atoms with Gasteiger partial charge in [-0.05, 0) is 43.3 Å². The highest BCUT2D eigenvalue weighted by atomic mass is 32.2. The fraction of sp³-hybridized carbons (Fsp3) is 0.435. The fourth-order valence-corrected chi connectivity index (χ4v) is 5.37. The second-order valence-corrected chi connectivity index (χ2v) is 9.51. The van der Waals surface area contributed by atoms with Crippen molar-refractivity contribution in [2.75, 3.05) is 57.8 Å². The van der Waals surface area contributed by atoms with Gasteiger partial charge in [0, 0.05) is 32.2 Å². The molecule has 0 bridgehead atoms. The third kappa shape index (κ3) is 5.16. The van der Waals surface area contributed by atoms with E-state index in [0.717, 1.165) is 29.5 Å². The van der Waals surface area contributed by atoms with Gasteiger partial charge in [0.15, 0.2) is 0 Å². The summed E-state index contributed by atoms with van der Waals surface area (Å²) in [4.78, 5) is 17.2. The molecule has 1 aliphatic rings. The first kappa shape index (κ1) is 23.9. The molecule has 0 atom stereocenters. The van der Waals surface area contributed by atoms with Gasteiger partial charge < -0.3 is 19.3 Å². The van der Waals surface area contributed by atoms with E-state index in [4.69, 9.17) is 9.47 Å². The van der Waals surface area contributed by atoms with E-state index in [1.165, 1.54) is 14.2 Å². The average Bonchev–Trinajstić information content (AvgIpc) is 2.82. The van der Waals surface area contributed by atoms with Crippen LogP contribution in [0.5, 0.6) is 11.5 Å². The van der Waals surface area contributed by atoms with Gasteiger partial charge in [-0.1, -0.05) is 19.1 Å². The smallest absolute Gasteiger partial charge is 0.268 e. The normalized spacial score (nSPS) is 14.8. The van der Waals surface area contributed by atoms with Gasteiger partial charge in [-0.3, -0.25) is 9.10 Å². The lowest BCUT2D eigenvalue weighted by Crippen LogP contribution is -2.51. The standard InChI is InChI=1S/C23H31N3O5S/c1-5-24-11-13-25(14-12-24)23(27)17-26(19-7-6-8-20(16-19)30-3)32(28,29)22-15-18(2)9-10-21(22)31-4/h6-10,15-16H,5,11-14,17H2,1-4H3. The van der Waals surface area contributed by atoms with E-state index in [9.17, 15) is 13.2 Å². The zero-order chi connectivity index (χ0) is 23.3. The molecule has 2 aromatic rings. The molecule has 8 nitrogen and oxygen atoms in total. The predicted octanol–water partition coefficient (Wildman–Crippen LogP) is 2.37. The molecule has 174 valence electrons. The van der Waals surface area contributed by atoms with Gasteiger partial charge in [-0.15, -0.1) is 0 Å². The number of piperazine rings is 1. The van der Waals surface area contributed by atoms with E-state index in [1.807, 2.05) is 6.92 Å². The topological polar surface area (TPSA) is 79.4 Å². The lowest BCUT2D eigenvalue weighted by atomic mass is 10.2. The summed E-state index contributed by atoms with van der Waals surface area (Å²) in [5.74, 6) is 0.495. The molecule has 1 saturated heterocycles. The van der Waals surface area contributed by atoms with Gasteiger partial charge in [0.05, 0.1) is 19.9 Å². The summed E-state index contributed by atoms with van der Waals surface area (Å²) in [6, 6.07) is 11.7. The molecule has 0 unspecified atom stereocenters. The summed E-state index contributed by atoms with van der Waals surface area (Å²) < 4.78 is 39.4. The first-order valence-corrected chi connectivity index (χ1v) is 12.1. The molecule has 1 heterocycles. The average molecular weight is 462 g/mol. The van der Waals surface area contributed by atoms with Crippen LogP contribution in [0.25, 0.3) is 0 Å². The molecule has 0 radical (unpaired) electrons. The Balaban J connectivity index is 1.99. The Morgan fingerprint density at radius 1 is 1.03 bits per heavy atom. The Hall–Kier alpha value is -2.78. The molecule has 1 aliphatic heterocycles. The number of sulfonamides is 1. The van der Waals surface area contributed by atoms with Crippen molar-refractivity contribution in [2.45, 2.75) is 18.7 Å². The van der Waals surface area contributed by atoms with Gasteiger partial charge in [0.2, 0.25) is 5.91 Å². The number of amides is 1. The molecule has 0 aromatic heterocycles. The highest BCUT2D eigenvalue weighted by Gasteiger charge is 2.32. The summed E-state index contributed by atoms with van der Waals surface area (Å²) in [6.07, 6.45) is 0. The molecule has 32 heavy (non-hydrogen) atoms. The van der Waals surface area contributed by atoms with Crippen LogP contribution in [0.1, 0.15) is 12.5 Å². The number of anilines is 1. The van der Waals surface area contributed by atoms with Crippen molar-refractivity contribution in [3.05, 3.63) is 48.0 Å². The minimum absolute atomic E-state index is 0.0198. The van der Waals surface area contributed by atoms with E-state index in [-0.39, 0.29) is 23.1 Å². The molecule has 1 fully saturated rings. The fourth-order valence-electron chi connectivity index (χ4n) is 3.72.